The number of methoxy groups -OCH3 is 1. The molecule has 5 nitrogen and oxygen atoms in total. The van der Waals surface area contributed by atoms with Crippen molar-refractivity contribution in [1.29, 1.82) is 0 Å². The molecule has 0 atom stereocenters. The van der Waals surface area contributed by atoms with Crippen molar-refractivity contribution in [3.05, 3.63) is 50.9 Å². The van der Waals surface area contributed by atoms with Gasteiger partial charge in [0.25, 0.3) is 0 Å². The summed E-state index contributed by atoms with van der Waals surface area (Å²) < 4.78 is 4.59. The molecule has 18 heavy (non-hydrogen) atoms. The summed E-state index contributed by atoms with van der Waals surface area (Å²) in [7, 11) is 1.31. The van der Waals surface area contributed by atoms with E-state index in [-0.39, 0.29) is 0 Å². The smallest absolute Gasteiger partial charge is 0.339 e. The molecule has 0 spiro atoms. The van der Waals surface area contributed by atoms with Gasteiger partial charge in [-0.05, 0) is 29.6 Å². The van der Waals surface area contributed by atoms with Gasteiger partial charge in [0, 0.05) is 11.5 Å². The minimum atomic E-state index is -0.459. The Hall–Kier alpha value is -1.97. The van der Waals surface area contributed by atoms with E-state index >= 15 is 0 Å². The number of hydrogen-bond acceptors (Lipinski definition) is 3. The zero-order chi connectivity index (χ0) is 13.4. The molecule has 0 aromatic heterocycles. The Morgan fingerprint density at radius 1 is 1.61 bits per heavy atom. The molecule has 0 fully saturated rings. The van der Waals surface area contributed by atoms with E-state index in [1.165, 1.54) is 7.11 Å². The molecular weight excluding hydrogens is 254 g/mol. The van der Waals surface area contributed by atoms with Gasteiger partial charge in [0.05, 0.1) is 17.7 Å². The van der Waals surface area contributed by atoms with Crippen LogP contribution >= 0.6 is 11.6 Å². The number of azide groups is 1. The van der Waals surface area contributed by atoms with Gasteiger partial charge in [-0.25, -0.2) is 4.79 Å². The van der Waals surface area contributed by atoms with Crippen molar-refractivity contribution in [2.24, 2.45) is 5.11 Å². The molecule has 0 aliphatic heterocycles. The monoisotopic (exact) mass is 265 g/mol. The Morgan fingerprint density at radius 2 is 2.39 bits per heavy atom. The number of nitrogens with zero attached hydrogens (tertiary/aromatic N) is 3. The molecule has 94 valence electrons. The van der Waals surface area contributed by atoms with Gasteiger partial charge in [0.15, 0.2) is 0 Å². The maximum absolute atomic E-state index is 11.3. The van der Waals surface area contributed by atoms with Gasteiger partial charge >= 0.3 is 5.97 Å². The van der Waals surface area contributed by atoms with Crippen molar-refractivity contribution in [3.63, 3.8) is 0 Å². The summed E-state index contributed by atoms with van der Waals surface area (Å²) in [6.07, 6.45) is 4.37. The summed E-state index contributed by atoms with van der Waals surface area (Å²) in [6, 6.07) is 5.06. The quantitative estimate of drug-likeness (QED) is 0.267. The van der Waals surface area contributed by atoms with E-state index in [9.17, 15) is 4.79 Å². The standard InChI is InChI=1S/C12H12ClN3O2/c1-18-12(17)10-6-5-9(8-11(10)13)4-2-3-7-15-16-14/h2,4-6,8H,3,7H2,1H3. The van der Waals surface area contributed by atoms with Gasteiger partial charge in [-0.15, -0.1) is 0 Å². The predicted molar refractivity (Wildman–Crippen MR) is 70.5 cm³/mol. The largest absolute Gasteiger partial charge is 0.465 e. The lowest BCUT2D eigenvalue weighted by Gasteiger charge is -2.02. The summed E-state index contributed by atoms with van der Waals surface area (Å²) in [5.74, 6) is -0.459. The highest BCUT2D eigenvalue weighted by Gasteiger charge is 2.09. The molecule has 0 N–H and O–H groups in total. The molecule has 0 amide bonds. The van der Waals surface area contributed by atoms with Crippen molar-refractivity contribution in [1.82, 2.24) is 0 Å². The average Bonchev–Trinajstić information content (AvgIpc) is 2.38. The zero-order valence-electron chi connectivity index (χ0n) is 9.84. The van der Waals surface area contributed by atoms with Crippen LogP contribution in [0.1, 0.15) is 22.3 Å². The first kappa shape index (κ1) is 14.1. The van der Waals surface area contributed by atoms with Crippen LogP contribution in [-0.2, 0) is 4.74 Å². The van der Waals surface area contributed by atoms with E-state index in [2.05, 4.69) is 14.8 Å². The van der Waals surface area contributed by atoms with Crippen molar-refractivity contribution in [2.75, 3.05) is 13.7 Å². The van der Waals surface area contributed by atoms with E-state index in [1.807, 2.05) is 12.2 Å². The van der Waals surface area contributed by atoms with Crippen molar-refractivity contribution in [2.45, 2.75) is 6.42 Å². The molecule has 0 unspecified atom stereocenters. The molecule has 0 heterocycles. The fourth-order valence-electron chi connectivity index (χ4n) is 1.31. The molecule has 0 radical (unpaired) electrons. The van der Waals surface area contributed by atoms with Crippen LogP contribution in [0.3, 0.4) is 0 Å². The van der Waals surface area contributed by atoms with E-state index < -0.39 is 5.97 Å². The summed E-state index contributed by atoms with van der Waals surface area (Å²) in [4.78, 5) is 14.0. The number of rotatable bonds is 5. The van der Waals surface area contributed by atoms with E-state index in [4.69, 9.17) is 17.1 Å². The first-order valence-corrected chi connectivity index (χ1v) is 5.62. The number of carbonyl (C=O) groups is 1. The van der Waals surface area contributed by atoms with Crippen molar-refractivity contribution < 1.29 is 9.53 Å². The fraction of sp³-hybridized carbons (Fsp3) is 0.250. The van der Waals surface area contributed by atoms with Crippen LogP contribution in [0, 0.1) is 0 Å². The number of carbonyl (C=O) groups excluding carboxylic acids is 1. The lowest BCUT2D eigenvalue weighted by Crippen LogP contribution is -2.01. The summed E-state index contributed by atoms with van der Waals surface area (Å²) in [5, 5.41) is 3.76. The van der Waals surface area contributed by atoms with Crippen molar-refractivity contribution in [3.8, 4) is 0 Å². The van der Waals surface area contributed by atoms with Crippen LogP contribution in [0.25, 0.3) is 16.5 Å². The topological polar surface area (TPSA) is 75.1 Å². The molecule has 1 aromatic carbocycles. The molecule has 0 aliphatic carbocycles. The second kappa shape index (κ2) is 7.37. The minimum absolute atomic E-state index is 0.338. The molecule has 1 aromatic rings. The Labute approximate surface area is 110 Å². The molecule has 0 bridgehead atoms. The summed E-state index contributed by atoms with van der Waals surface area (Å²) >= 11 is 5.96. The highest BCUT2D eigenvalue weighted by molar-refractivity contribution is 6.33. The van der Waals surface area contributed by atoms with Gasteiger partial charge in [0.1, 0.15) is 0 Å². The third-order valence-electron chi connectivity index (χ3n) is 2.17. The maximum atomic E-state index is 11.3. The lowest BCUT2D eigenvalue weighted by molar-refractivity contribution is 0.0601. The lowest BCUT2D eigenvalue weighted by atomic mass is 10.1. The van der Waals surface area contributed by atoms with Crippen LogP contribution in [-0.4, -0.2) is 19.6 Å². The Bertz CT molecular complexity index is 508. The number of hydrogen-bond donors (Lipinski definition) is 0. The Kier molecular flexibility index (Phi) is 5.77. The highest BCUT2D eigenvalue weighted by Crippen LogP contribution is 2.19. The molecule has 6 heteroatoms. The molecule has 1 rings (SSSR count). The van der Waals surface area contributed by atoms with Crippen LogP contribution in [0.15, 0.2) is 29.4 Å². The summed E-state index contributed by atoms with van der Waals surface area (Å²) in [5.41, 5.74) is 9.31. The number of ether oxygens (including phenoxy) is 1. The normalized spacial score (nSPS) is 10.1. The van der Waals surface area contributed by atoms with E-state index in [0.29, 0.717) is 23.6 Å². The van der Waals surface area contributed by atoms with Gasteiger partial charge in [-0.2, -0.15) is 0 Å². The predicted octanol–water partition coefficient (Wildman–Crippen LogP) is 3.84. The van der Waals surface area contributed by atoms with Gasteiger partial charge in [0.2, 0.25) is 0 Å². The van der Waals surface area contributed by atoms with E-state index in [0.717, 1.165) is 5.56 Å². The minimum Gasteiger partial charge on any atom is -0.465 e. The third-order valence-corrected chi connectivity index (χ3v) is 2.48. The first-order chi connectivity index (χ1) is 8.69. The molecule has 0 saturated carbocycles. The fourth-order valence-corrected chi connectivity index (χ4v) is 1.57. The van der Waals surface area contributed by atoms with Crippen LogP contribution in [0.2, 0.25) is 5.02 Å². The Morgan fingerprint density at radius 3 is 3.00 bits per heavy atom. The maximum Gasteiger partial charge on any atom is 0.339 e. The highest BCUT2D eigenvalue weighted by atomic mass is 35.5. The van der Waals surface area contributed by atoms with Crippen LogP contribution < -0.4 is 0 Å². The average molecular weight is 266 g/mol. The number of halogens is 1. The second-order valence-electron chi connectivity index (χ2n) is 3.38. The van der Waals surface area contributed by atoms with Crippen LogP contribution in [0.5, 0.6) is 0 Å². The van der Waals surface area contributed by atoms with E-state index in [1.54, 1.807) is 18.2 Å². The molecule has 0 saturated heterocycles. The van der Waals surface area contributed by atoms with Gasteiger partial charge in [-0.3, -0.25) is 0 Å². The zero-order valence-corrected chi connectivity index (χ0v) is 10.6. The third kappa shape index (κ3) is 4.13. The summed E-state index contributed by atoms with van der Waals surface area (Å²) in [6.45, 7) is 0.418. The number of esters is 1. The second-order valence-corrected chi connectivity index (χ2v) is 3.78. The SMILES string of the molecule is COC(=O)c1ccc(C=CCCN=[N+]=[N-])cc1Cl. The van der Waals surface area contributed by atoms with Crippen molar-refractivity contribution >= 4 is 23.6 Å². The number of benzene rings is 1. The Balaban J connectivity index is 2.72. The van der Waals surface area contributed by atoms with Crippen LogP contribution in [0.4, 0.5) is 0 Å². The first-order valence-electron chi connectivity index (χ1n) is 5.24. The molecular formula is C12H12ClN3O2. The molecule has 0 aliphatic rings. The van der Waals surface area contributed by atoms with Gasteiger partial charge in [-0.1, -0.05) is 34.9 Å². The van der Waals surface area contributed by atoms with Gasteiger partial charge < -0.3 is 4.74 Å².